The molecule has 0 saturated carbocycles. The molecule has 0 saturated heterocycles. The number of hydrogen-bond donors (Lipinski definition) is 3. The van der Waals surface area contributed by atoms with Crippen LogP contribution in [0.4, 0.5) is 0 Å². The van der Waals surface area contributed by atoms with E-state index in [0.717, 1.165) is 38.4 Å². The smallest absolute Gasteiger partial charge is 0.191 e. The summed E-state index contributed by atoms with van der Waals surface area (Å²) >= 11 is 0. The Hall–Kier alpha value is -1.97. The van der Waals surface area contributed by atoms with Crippen LogP contribution in [-0.4, -0.2) is 30.6 Å². The van der Waals surface area contributed by atoms with Gasteiger partial charge in [-0.25, -0.2) is 0 Å². The summed E-state index contributed by atoms with van der Waals surface area (Å²) in [5.74, 6) is 0.948. The van der Waals surface area contributed by atoms with Crippen LogP contribution in [-0.2, 0) is 6.42 Å². The number of aromatic nitrogens is 1. The number of aromatic amines is 1. The molecule has 1 aliphatic rings. The minimum atomic E-state index is 0.918. The molecule has 3 N–H and O–H groups in total. The minimum Gasteiger partial charge on any atom is -0.361 e. The summed E-state index contributed by atoms with van der Waals surface area (Å²) in [7, 11) is 0. The van der Waals surface area contributed by atoms with Gasteiger partial charge in [0.1, 0.15) is 0 Å². The van der Waals surface area contributed by atoms with E-state index in [1.165, 1.54) is 16.5 Å². The van der Waals surface area contributed by atoms with Gasteiger partial charge >= 0.3 is 0 Å². The van der Waals surface area contributed by atoms with Crippen molar-refractivity contribution < 1.29 is 0 Å². The molecule has 2 heterocycles. The topological polar surface area (TPSA) is 52.2 Å². The molecule has 0 radical (unpaired) electrons. The second-order valence-corrected chi connectivity index (χ2v) is 4.59. The monoisotopic (exact) mass is 242 g/mol. The van der Waals surface area contributed by atoms with E-state index in [2.05, 4.69) is 44.9 Å². The predicted molar refractivity (Wildman–Crippen MR) is 74.9 cm³/mol. The lowest BCUT2D eigenvalue weighted by Crippen LogP contribution is -2.41. The van der Waals surface area contributed by atoms with Gasteiger partial charge in [-0.3, -0.25) is 4.99 Å². The van der Waals surface area contributed by atoms with Gasteiger partial charge in [0.15, 0.2) is 5.96 Å². The number of nitrogens with zero attached hydrogens (tertiary/aromatic N) is 1. The number of H-pyrrole nitrogens is 1. The second-order valence-electron chi connectivity index (χ2n) is 4.59. The van der Waals surface area contributed by atoms with Crippen molar-refractivity contribution in [2.24, 2.45) is 4.99 Å². The quantitative estimate of drug-likeness (QED) is 0.766. The molecule has 0 atom stereocenters. The molecule has 0 amide bonds. The molecule has 0 aliphatic carbocycles. The van der Waals surface area contributed by atoms with Crippen LogP contribution in [0.25, 0.3) is 10.9 Å². The van der Waals surface area contributed by atoms with E-state index in [9.17, 15) is 0 Å². The first-order valence-corrected chi connectivity index (χ1v) is 6.50. The predicted octanol–water partition coefficient (Wildman–Crippen LogP) is 1.65. The summed E-state index contributed by atoms with van der Waals surface area (Å²) in [5, 5.41) is 7.89. The summed E-state index contributed by atoms with van der Waals surface area (Å²) in [5.41, 5.74) is 2.55. The molecule has 3 rings (SSSR count). The third kappa shape index (κ3) is 2.47. The molecular formula is C14H18N4. The normalized spacial score (nSPS) is 15.2. The number of aliphatic imine (C=N–C) groups is 1. The maximum absolute atomic E-state index is 4.39. The average Bonchev–Trinajstić information content (AvgIpc) is 2.87. The van der Waals surface area contributed by atoms with Crippen molar-refractivity contribution in [3.63, 3.8) is 0 Å². The first kappa shape index (κ1) is 11.1. The van der Waals surface area contributed by atoms with Crippen LogP contribution in [0.2, 0.25) is 0 Å². The zero-order valence-electron chi connectivity index (χ0n) is 10.4. The van der Waals surface area contributed by atoms with Crippen LogP contribution in [0.1, 0.15) is 12.0 Å². The van der Waals surface area contributed by atoms with Crippen molar-refractivity contribution >= 4 is 16.9 Å². The Bertz CT molecular complexity index is 556. The molecule has 94 valence electrons. The Morgan fingerprint density at radius 3 is 3.17 bits per heavy atom. The number of benzene rings is 1. The maximum Gasteiger partial charge on any atom is 0.191 e. The van der Waals surface area contributed by atoms with Gasteiger partial charge in [-0.1, -0.05) is 6.07 Å². The summed E-state index contributed by atoms with van der Waals surface area (Å²) < 4.78 is 0. The molecule has 2 aromatic rings. The van der Waals surface area contributed by atoms with Crippen molar-refractivity contribution in [2.75, 3.05) is 19.6 Å². The van der Waals surface area contributed by atoms with Crippen LogP contribution in [0.15, 0.2) is 35.5 Å². The SMILES string of the molecule is c1cc2cc(CCNC3=NCCCN3)ccc2[nH]1. The second kappa shape index (κ2) is 5.12. The van der Waals surface area contributed by atoms with Crippen LogP contribution in [0.5, 0.6) is 0 Å². The van der Waals surface area contributed by atoms with Crippen molar-refractivity contribution in [3.05, 3.63) is 36.0 Å². The first-order valence-electron chi connectivity index (χ1n) is 6.50. The molecule has 0 fully saturated rings. The Kier molecular flexibility index (Phi) is 3.17. The van der Waals surface area contributed by atoms with E-state index in [0.29, 0.717) is 0 Å². The Morgan fingerprint density at radius 2 is 2.28 bits per heavy atom. The molecule has 0 spiro atoms. The summed E-state index contributed by atoms with van der Waals surface area (Å²) in [4.78, 5) is 7.60. The molecule has 0 bridgehead atoms. The molecule has 4 heteroatoms. The van der Waals surface area contributed by atoms with Crippen LogP contribution < -0.4 is 10.6 Å². The highest BCUT2D eigenvalue weighted by atomic mass is 15.2. The fourth-order valence-electron chi connectivity index (χ4n) is 2.23. The lowest BCUT2D eigenvalue weighted by molar-refractivity contribution is 0.700. The summed E-state index contributed by atoms with van der Waals surface area (Å²) in [6, 6.07) is 8.67. The molecule has 4 nitrogen and oxygen atoms in total. The van der Waals surface area contributed by atoms with Crippen molar-refractivity contribution in [1.82, 2.24) is 15.6 Å². The summed E-state index contributed by atoms with van der Waals surface area (Å²) in [6.07, 6.45) is 4.13. The van der Waals surface area contributed by atoms with Crippen LogP contribution in [0, 0.1) is 0 Å². The van der Waals surface area contributed by atoms with E-state index in [4.69, 9.17) is 0 Å². The Balaban J connectivity index is 1.57. The van der Waals surface area contributed by atoms with Gasteiger partial charge in [0.25, 0.3) is 0 Å². The zero-order chi connectivity index (χ0) is 12.2. The van der Waals surface area contributed by atoms with Gasteiger partial charge in [-0.15, -0.1) is 0 Å². The van der Waals surface area contributed by atoms with E-state index in [1.807, 2.05) is 6.20 Å². The third-order valence-corrected chi connectivity index (χ3v) is 3.22. The average molecular weight is 242 g/mol. The fourth-order valence-corrected chi connectivity index (χ4v) is 2.23. The third-order valence-electron chi connectivity index (χ3n) is 3.22. The summed E-state index contributed by atoms with van der Waals surface area (Å²) in [6.45, 7) is 2.88. The van der Waals surface area contributed by atoms with E-state index < -0.39 is 0 Å². The van der Waals surface area contributed by atoms with Gasteiger partial charge in [-0.05, 0) is 42.0 Å². The highest BCUT2D eigenvalue weighted by Crippen LogP contribution is 2.14. The highest BCUT2D eigenvalue weighted by molar-refractivity contribution is 5.81. The van der Waals surface area contributed by atoms with Gasteiger partial charge in [0.05, 0.1) is 0 Å². The molecule has 1 aromatic heterocycles. The number of hydrogen-bond acceptors (Lipinski definition) is 3. The molecule has 0 unspecified atom stereocenters. The van der Waals surface area contributed by atoms with Crippen molar-refractivity contribution in [3.8, 4) is 0 Å². The zero-order valence-corrected chi connectivity index (χ0v) is 10.4. The van der Waals surface area contributed by atoms with Crippen LogP contribution >= 0.6 is 0 Å². The lowest BCUT2D eigenvalue weighted by Gasteiger charge is -2.15. The minimum absolute atomic E-state index is 0.918. The molecule has 1 aromatic carbocycles. The van der Waals surface area contributed by atoms with Gasteiger partial charge in [0, 0.05) is 31.3 Å². The van der Waals surface area contributed by atoms with Crippen molar-refractivity contribution in [1.29, 1.82) is 0 Å². The van der Waals surface area contributed by atoms with E-state index >= 15 is 0 Å². The van der Waals surface area contributed by atoms with Gasteiger partial charge in [-0.2, -0.15) is 0 Å². The maximum atomic E-state index is 4.39. The number of guanidine groups is 1. The number of fused-ring (bicyclic) bond motifs is 1. The van der Waals surface area contributed by atoms with E-state index in [-0.39, 0.29) is 0 Å². The number of nitrogens with one attached hydrogen (secondary N) is 3. The molecular weight excluding hydrogens is 224 g/mol. The van der Waals surface area contributed by atoms with Gasteiger partial charge < -0.3 is 15.6 Å². The first-order chi connectivity index (χ1) is 8.92. The van der Waals surface area contributed by atoms with Crippen LogP contribution in [0.3, 0.4) is 0 Å². The van der Waals surface area contributed by atoms with E-state index in [1.54, 1.807) is 0 Å². The number of rotatable bonds is 3. The van der Waals surface area contributed by atoms with Gasteiger partial charge in [0.2, 0.25) is 0 Å². The largest absolute Gasteiger partial charge is 0.361 e. The lowest BCUT2D eigenvalue weighted by atomic mass is 10.1. The fraction of sp³-hybridized carbons (Fsp3) is 0.357. The molecule has 18 heavy (non-hydrogen) atoms. The van der Waals surface area contributed by atoms with Crippen molar-refractivity contribution in [2.45, 2.75) is 12.8 Å². The standard InChI is InChI=1S/C14H18N4/c1-6-16-14(17-7-1)18-8-4-11-2-3-13-12(10-11)5-9-15-13/h2-3,5,9-10,15H,1,4,6-8H2,(H2,16,17,18). The Labute approximate surface area is 107 Å². The Morgan fingerprint density at radius 1 is 1.28 bits per heavy atom. The highest BCUT2D eigenvalue weighted by Gasteiger charge is 2.03. The molecule has 1 aliphatic heterocycles.